The zero-order valence-electron chi connectivity index (χ0n) is 14.6. The van der Waals surface area contributed by atoms with Crippen LogP contribution < -0.4 is 4.90 Å². The second-order valence-electron chi connectivity index (χ2n) is 6.84. The van der Waals surface area contributed by atoms with Crippen molar-refractivity contribution < 1.29 is 9.59 Å². The number of halogens is 1. The number of amides is 1. The van der Waals surface area contributed by atoms with Crippen LogP contribution in [0, 0.1) is 0 Å². The van der Waals surface area contributed by atoms with Gasteiger partial charge in [-0.2, -0.15) is 0 Å². The third kappa shape index (κ3) is 2.98. The number of ketones is 1. The Labute approximate surface area is 161 Å². The lowest BCUT2D eigenvalue weighted by Crippen LogP contribution is -2.51. The number of hydrogen-bond donors (Lipinski definition) is 0. The van der Waals surface area contributed by atoms with Crippen molar-refractivity contribution >= 4 is 33.3 Å². The van der Waals surface area contributed by atoms with Crippen LogP contribution in [0.1, 0.15) is 22.0 Å². The minimum absolute atomic E-state index is 0.189. The van der Waals surface area contributed by atoms with E-state index in [0.717, 1.165) is 19.6 Å². The van der Waals surface area contributed by atoms with E-state index in [1.54, 1.807) is 11.0 Å². The molecule has 26 heavy (non-hydrogen) atoms. The molecule has 0 aromatic heterocycles. The minimum atomic E-state index is -0.447. The molecule has 0 radical (unpaired) electrons. The van der Waals surface area contributed by atoms with Gasteiger partial charge in [0, 0.05) is 30.1 Å². The number of benzene rings is 2. The summed E-state index contributed by atoms with van der Waals surface area (Å²) in [6.07, 6.45) is 0. The molecular weight excluding hydrogens is 394 g/mol. The molecule has 0 bridgehead atoms. The van der Waals surface area contributed by atoms with Crippen molar-refractivity contribution in [2.75, 3.05) is 38.3 Å². The number of carbonyl (C=O) groups is 2. The second kappa shape index (κ2) is 6.95. The molecule has 1 fully saturated rings. The van der Waals surface area contributed by atoms with Gasteiger partial charge in [0.15, 0.2) is 0 Å². The van der Waals surface area contributed by atoms with Crippen LogP contribution in [-0.4, -0.2) is 54.8 Å². The Hall–Kier alpha value is -2.02. The molecule has 5 nitrogen and oxygen atoms in total. The summed E-state index contributed by atoms with van der Waals surface area (Å²) in [5, 5.41) is 0. The van der Waals surface area contributed by atoms with Crippen molar-refractivity contribution in [2.45, 2.75) is 6.04 Å². The molecular formula is C20H20BrN3O2. The molecule has 2 heterocycles. The average Bonchev–Trinajstić information content (AvgIpc) is 2.89. The maximum atomic E-state index is 12.6. The number of Topliss-reactive ketones (excluding diaryl/α,β-unsaturated/α-hetero) is 1. The number of piperazine rings is 1. The van der Waals surface area contributed by atoms with Crippen LogP contribution in [0.15, 0.2) is 53.0 Å². The highest BCUT2D eigenvalue weighted by atomic mass is 79.9. The summed E-state index contributed by atoms with van der Waals surface area (Å²) in [4.78, 5) is 31.2. The van der Waals surface area contributed by atoms with Crippen molar-refractivity contribution in [1.29, 1.82) is 0 Å². The normalized spacial score (nSPS) is 21.3. The van der Waals surface area contributed by atoms with Crippen molar-refractivity contribution in [3.05, 3.63) is 64.1 Å². The molecule has 1 atom stereocenters. The van der Waals surface area contributed by atoms with E-state index in [9.17, 15) is 9.59 Å². The predicted molar refractivity (Wildman–Crippen MR) is 104 cm³/mol. The summed E-state index contributed by atoms with van der Waals surface area (Å²) in [7, 11) is 2.12. The fourth-order valence-electron chi connectivity index (χ4n) is 3.74. The maximum Gasteiger partial charge on any atom is 0.300 e. The monoisotopic (exact) mass is 413 g/mol. The van der Waals surface area contributed by atoms with E-state index in [1.165, 1.54) is 5.56 Å². The molecule has 1 unspecified atom stereocenters. The number of rotatable bonds is 3. The zero-order chi connectivity index (χ0) is 18.3. The van der Waals surface area contributed by atoms with Crippen molar-refractivity contribution in [2.24, 2.45) is 0 Å². The molecule has 2 aromatic carbocycles. The Morgan fingerprint density at radius 3 is 2.58 bits per heavy atom. The summed E-state index contributed by atoms with van der Waals surface area (Å²) in [5.74, 6) is -0.879. The van der Waals surface area contributed by atoms with Crippen LogP contribution in [0.3, 0.4) is 0 Å². The van der Waals surface area contributed by atoms with E-state index in [0.29, 0.717) is 22.4 Å². The van der Waals surface area contributed by atoms with Crippen molar-refractivity contribution in [3.8, 4) is 0 Å². The standard InChI is InChI=1S/C20H20BrN3O2/c1-22-10-11-23(17(12-22)14-6-3-2-4-7-14)13-24-16-9-5-8-15(21)18(16)19(25)20(24)26/h2-9,17H,10-13H2,1H3. The predicted octanol–water partition coefficient (Wildman–Crippen LogP) is 2.92. The molecule has 134 valence electrons. The Kier molecular flexibility index (Phi) is 4.65. The molecule has 2 aliphatic heterocycles. The Balaban J connectivity index is 1.65. The topological polar surface area (TPSA) is 43.9 Å². The first-order chi connectivity index (χ1) is 12.6. The Morgan fingerprint density at radius 1 is 1.04 bits per heavy atom. The van der Waals surface area contributed by atoms with Gasteiger partial charge in [-0.1, -0.05) is 36.4 Å². The van der Waals surface area contributed by atoms with Gasteiger partial charge in [-0.05, 0) is 40.7 Å². The van der Waals surface area contributed by atoms with Crippen molar-refractivity contribution in [3.63, 3.8) is 0 Å². The minimum Gasteiger partial charge on any atom is -0.303 e. The van der Waals surface area contributed by atoms with E-state index < -0.39 is 11.7 Å². The number of likely N-dealkylation sites (N-methyl/N-ethyl adjacent to an activating group) is 1. The highest BCUT2D eigenvalue weighted by Gasteiger charge is 2.39. The largest absolute Gasteiger partial charge is 0.303 e. The summed E-state index contributed by atoms with van der Waals surface area (Å²) in [6, 6.07) is 16.0. The fraction of sp³-hybridized carbons (Fsp3) is 0.300. The molecule has 2 aliphatic rings. The van der Waals surface area contributed by atoms with Crippen LogP contribution in [0.5, 0.6) is 0 Å². The number of fused-ring (bicyclic) bond motifs is 1. The van der Waals surface area contributed by atoms with Crippen LogP contribution in [0.2, 0.25) is 0 Å². The van der Waals surface area contributed by atoms with Gasteiger partial charge in [0.2, 0.25) is 0 Å². The number of carbonyl (C=O) groups excluding carboxylic acids is 2. The van der Waals surface area contributed by atoms with Gasteiger partial charge in [-0.3, -0.25) is 19.4 Å². The highest BCUT2D eigenvalue weighted by Crippen LogP contribution is 2.35. The van der Waals surface area contributed by atoms with Gasteiger partial charge in [-0.25, -0.2) is 0 Å². The molecule has 0 N–H and O–H groups in total. The van der Waals surface area contributed by atoms with E-state index in [-0.39, 0.29) is 6.04 Å². The van der Waals surface area contributed by atoms with E-state index in [4.69, 9.17) is 0 Å². The molecule has 6 heteroatoms. The number of hydrogen-bond acceptors (Lipinski definition) is 4. The molecule has 2 aromatic rings. The molecule has 4 rings (SSSR count). The summed E-state index contributed by atoms with van der Waals surface area (Å²) < 4.78 is 0.675. The number of nitrogens with zero attached hydrogens (tertiary/aromatic N) is 3. The van der Waals surface area contributed by atoms with Crippen LogP contribution in [0.25, 0.3) is 0 Å². The quantitative estimate of drug-likeness (QED) is 0.725. The zero-order valence-corrected chi connectivity index (χ0v) is 16.1. The summed E-state index contributed by atoms with van der Waals surface area (Å²) >= 11 is 3.40. The Bertz CT molecular complexity index is 855. The molecule has 0 spiro atoms. The third-order valence-electron chi connectivity index (χ3n) is 5.15. The second-order valence-corrected chi connectivity index (χ2v) is 7.69. The van der Waals surface area contributed by atoms with E-state index in [2.05, 4.69) is 44.9 Å². The fourth-order valence-corrected chi connectivity index (χ4v) is 4.28. The first-order valence-corrected chi connectivity index (χ1v) is 9.48. The SMILES string of the molecule is CN1CCN(CN2C(=O)C(=O)c3c(Br)cccc32)C(c2ccccc2)C1. The maximum absolute atomic E-state index is 12.6. The van der Waals surface area contributed by atoms with Crippen LogP contribution in [0.4, 0.5) is 5.69 Å². The smallest absolute Gasteiger partial charge is 0.300 e. The first kappa shape index (κ1) is 17.4. The van der Waals surface area contributed by atoms with Gasteiger partial charge in [0.25, 0.3) is 5.78 Å². The number of anilines is 1. The lowest BCUT2D eigenvalue weighted by molar-refractivity contribution is -0.115. The van der Waals surface area contributed by atoms with Gasteiger partial charge in [0.1, 0.15) is 0 Å². The average molecular weight is 414 g/mol. The summed E-state index contributed by atoms with van der Waals surface area (Å²) in [5.41, 5.74) is 2.40. The van der Waals surface area contributed by atoms with E-state index >= 15 is 0 Å². The van der Waals surface area contributed by atoms with Gasteiger partial charge in [0.05, 0.1) is 17.9 Å². The van der Waals surface area contributed by atoms with Crippen LogP contribution >= 0.6 is 15.9 Å². The lowest BCUT2D eigenvalue weighted by atomic mass is 10.0. The third-order valence-corrected chi connectivity index (χ3v) is 5.81. The van der Waals surface area contributed by atoms with Crippen LogP contribution in [-0.2, 0) is 4.79 Å². The van der Waals surface area contributed by atoms with E-state index in [1.807, 2.05) is 30.3 Å². The molecule has 0 saturated carbocycles. The molecule has 1 amide bonds. The Morgan fingerprint density at radius 2 is 1.81 bits per heavy atom. The summed E-state index contributed by atoms with van der Waals surface area (Å²) in [6.45, 7) is 3.09. The lowest BCUT2D eigenvalue weighted by Gasteiger charge is -2.41. The molecule has 1 saturated heterocycles. The van der Waals surface area contributed by atoms with Gasteiger partial charge in [-0.15, -0.1) is 0 Å². The van der Waals surface area contributed by atoms with Gasteiger partial charge >= 0.3 is 5.91 Å². The first-order valence-electron chi connectivity index (χ1n) is 8.68. The van der Waals surface area contributed by atoms with Gasteiger partial charge < -0.3 is 4.90 Å². The molecule has 0 aliphatic carbocycles. The highest BCUT2D eigenvalue weighted by molar-refractivity contribution is 9.10. The van der Waals surface area contributed by atoms with Crippen molar-refractivity contribution in [1.82, 2.24) is 9.80 Å².